The normalized spacial score (nSPS) is 18.8. The van der Waals surface area contributed by atoms with Crippen LogP contribution in [-0.2, 0) is 14.3 Å². The van der Waals surface area contributed by atoms with Crippen LogP contribution >= 0.6 is 23.5 Å². The minimum atomic E-state index is -0.600. The SMILES string of the molecule is CCCCN1C(=O)C(=C(/C=C2\Sc3ccc4ccccc4c3N2CC)/C=C2/Sc3ccc4ccccc4c3N2CC)C(=O)N(CCOC)C1=O. The summed E-state index contributed by atoms with van der Waals surface area (Å²) < 4.78 is 5.29. The van der Waals surface area contributed by atoms with Gasteiger partial charge in [0, 0.05) is 47.3 Å². The van der Waals surface area contributed by atoms with E-state index in [0.717, 1.165) is 64.1 Å². The fourth-order valence-corrected chi connectivity index (χ4v) is 9.25. The van der Waals surface area contributed by atoms with E-state index in [4.69, 9.17) is 4.74 Å². The molecule has 0 bridgehead atoms. The molecule has 3 heterocycles. The number of carbonyl (C=O) groups is 3. The zero-order valence-electron chi connectivity index (χ0n) is 28.8. The molecule has 1 saturated heterocycles. The third-order valence-electron chi connectivity index (χ3n) is 9.34. The number of unbranched alkanes of at least 4 members (excludes halogenated alkanes) is 1. The molecule has 10 heteroatoms. The minimum Gasteiger partial charge on any atom is -0.383 e. The number of hydrogen-bond acceptors (Lipinski definition) is 8. The molecule has 3 aliphatic heterocycles. The summed E-state index contributed by atoms with van der Waals surface area (Å²) in [5.41, 5.74) is 2.70. The van der Waals surface area contributed by atoms with Gasteiger partial charge in [0.25, 0.3) is 11.8 Å². The maximum atomic E-state index is 14.4. The van der Waals surface area contributed by atoms with Crippen LogP contribution in [0.4, 0.5) is 16.2 Å². The van der Waals surface area contributed by atoms with Crippen molar-refractivity contribution < 1.29 is 19.1 Å². The van der Waals surface area contributed by atoms with Gasteiger partial charge in [0.05, 0.1) is 34.6 Å². The van der Waals surface area contributed by atoms with Crippen molar-refractivity contribution >= 4 is 74.3 Å². The summed E-state index contributed by atoms with van der Waals surface area (Å²) >= 11 is 3.26. The second-order valence-corrected chi connectivity index (χ2v) is 14.4. The summed E-state index contributed by atoms with van der Waals surface area (Å²) in [5, 5.41) is 6.41. The van der Waals surface area contributed by atoms with E-state index in [1.54, 1.807) is 23.5 Å². The Labute approximate surface area is 301 Å². The Hall–Kier alpha value is -4.51. The molecule has 0 saturated carbocycles. The number of hydrogen-bond donors (Lipinski definition) is 0. The van der Waals surface area contributed by atoms with Crippen molar-refractivity contribution in [2.24, 2.45) is 0 Å². The molecule has 4 aromatic carbocycles. The number of allylic oxidation sites excluding steroid dienone is 3. The Kier molecular flexibility index (Phi) is 9.77. The Bertz CT molecular complexity index is 1980. The molecule has 50 heavy (non-hydrogen) atoms. The molecule has 4 aromatic rings. The summed E-state index contributed by atoms with van der Waals surface area (Å²) in [7, 11) is 1.53. The summed E-state index contributed by atoms with van der Waals surface area (Å²) in [5.74, 6) is -1.16. The Morgan fingerprint density at radius 3 is 1.64 bits per heavy atom. The number of ether oxygens (including phenoxy) is 1. The summed E-state index contributed by atoms with van der Waals surface area (Å²) in [6, 6.07) is 24.6. The Morgan fingerprint density at radius 2 is 1.16 bits per heavy atom. The van der Waals surface area contributed by atoms with E-state index in [0.29, 0.717) is 25.1 Å². The highest BCUT2D eigenvalue weighted by molar-refractivity contribution is 8.04. The predicted molar refractivity (Wildman–Crippen MR) is 204 cm³/mol. The lowest BCUT2D eigenvalue weighted by molar-refractivity contribution is -0.136. The van der Waals surface area contributed by atoms with Gasteiger partial charge in [-0.1, -0.05) is 97.5 Å². The first-order chi connectivity index (χ1) is 24.4. The maximum absolute atomic E-state index is 14.4. The molecule has 0 N–H and O–H groups in total. The monoisotopic (exact) mass is 704 g/mol. The van der Waals surface area contributed by atoms with Crippen molar-refractivity contribution in [3.8, 4) is 0 Å². The number of imide groups is 2. The lowest BCUT2D eigenvalue weighted by Gasteiger charge is -2.34. The number of fused-ring (bicyclic) bond motifs is 6. The number of rotatable bonds is 10. The van der Waals surface area contributed by atoms with Crippen molar-refractivity contribution in [3.05, 3.63) is 106 Å². The molecule has 4 amide bonds. The van der Waals surface area contributed by atoms with Crippen molar-refractivity contribution in [2.45, 2.75) is 43.4 Å². The third-order valence-corrected chi connectivity index (χ3v) is 11.5. The van der Waals surface area contributed by atoms with Crippen LogP contribution in [0.1, 0.15) is 33.6 Å². The fraction of sp³-hybridized carbons (Fsp3) is 0.275. The van der Waals surface area contributed by atoms with Crippen LogP contribution in [0.15, 0.2) is 116 Å². The highest BCUT2D eigenvalue weighted by Crippen LogP contribution is 2.52. The largest absolute Gasteiger partial charge is 0.383 e. The van der Waals surface area contributed by atoms with E-state index < -0.39 is 17.8 Å². The van der Waals surface area contributed by atoms with Crippen molar-refractivity contribution in [2.75, 3.05) is 49.7 Å². The van der Waals surface area contributed by atoms with Crippen LogP contribution < -0.4 is 9.80 Å². The van der Waals surface area contributed by atoms with Crippen LogP contribution in [0, 0.1) is 0 Å². The zero-order chi connectivity index (χ0) is 34.9. The van der Waals surface area contributed by atoms with Crippen molar-refractivity contribution in [3.63, 3.8) is 0 Å². The van der Waals surface area contributed by atoms with Gasteiger partial charge in [-0.2, -0.15) is 0 Å². The van der Waals surface area contributed by atoms with Gasteiger partial charge >= 0.3 is 6.03 Å². The van der Waals surface area contributed by atoms with E-state index in [1.165, 1.54) is 12.0 Å². The summed E-state index contributed by atoms with van der Waals surface area (Å²) in [6.45, 7) is 8.06. The standard InChI is InChI=1S/C40H40N4O4S2/c1-5-8-21-43-38(45)35(39(46)44(40(43)47)22-23-48-4)28(24-33-41(6-2)36-29-15-11-9-13-26(29)17-19-31(36)49-33)25-34-42(7-3)37-30-16-12-10-14-27(30)18-20-32(37)50-34/h9-20,24-25H,5-8,21-23H2,1-4H3/b33-24-,34-25+,35-28?. The van der Waals surface area contributed by atoms with Gasteiger partial charge in [-0.3, -0.25) is 19.4 Å². The number of amides is 4. The van der Waals surface area contributed by atoms with E-state index >= 15 is 0 Å². The van der Waals surface area contributed by atoms with Gasteiger partial charge in [0.2, 0.25) is 0 Å². The van der Waals surface area contributed by atoms with Crippen LogP contribution in [0.25, 0.3) is 21.5 Å². The number of urea groups is 1. The number of benzene rings is 4. The van der Waals surface area contributed by atoms with Gasteiger partial charge in [0.1, 0.15) is 5.57 Å². The quantitative estimate of drug-likeness (QED) is 0.120. The molecule has 256 valence electrons. The second-order valence-electron chi connectivity index (χ2n) is 12.3. The van der Waals surface area contributed by atoms with E-state index in [-0.39, 0.29) is 25.3 Å². The van der Waals surface area contributed by atoms with E-state index in [2.05, 4.69) is 84.3 Å². The predicted octanol–water partition coefficient (Wildman–Crippen LogP) is 8.77. The summed E-state index contributed by atoms with van der Waals surface area (Å²) in [6.07, 6.45) is 5.38. The maximum Gasteiger partial charge on any atom is 0.334 e. The molecule has 0 unspecified atom stereocenters. The molecule has 0 aromatic heterocycles. The second kappa shape index (κ2) is 14.4. The molecule has 8 nitrogen and oxygen atoms in total. The summed E-state index contributed by atoms with van der Waals surface area (Å²) in [4.78, 5) is 51.6. The van der Waals surface area contributed by atoms with Gasteiger partial charge in [0.15, 0.2) is 0 Å². The van der Waals surface area contributed by atoms with Crippen LogP contribution in [-0.4, -0.2) is 67.5 Å². The number of nitrogens with zero attached hydrogens (tertiary/aromatic N) is 4. The molecule has 0 spiro atoms. The Morgan fingerprint density at radius 1 is 0.660 bits per heavy atom. The van der Waals surface area contributed by atoms with Gasteiger partial charge in [-0.05, 0) is 60.9 Å². The number of carbonyl (C=O) groups excluding carboxylic acids is 3. The lowest BCUT2D eigenvalue weighted by Crippen LogP contribution is -2.57. The molecule has 0 aliphatic carbocycles. The fourth-order valence-electron chi connectivity index (χ4n) is 6.86. The molecule has 1 fully saturated rings. The molecule has 3 aliphatic rings. The molecular weight excluding hydrogens is 665 g/mol. The minimum absolute atomic E-state index is 0.00765. The van der Waals surface area contributed by atoms with E-state index in [9.17, 15) is 14.4 Å². The van der Waals surface area contributed by atoms with Crippen molar-refractivity contribution in [1.29, 1.82) is 0 Å². The highest BCUT2D eigenvalue weighted by atomic mass is 32.2. The third kappa shape index (κ3) is 5.89. The van der Waals surface area contributed by atoms with Crippen LogP contribution in [0.3, 0.4) is 0 Å². The average molecular weight is 705 g/mol. The molecule has 0 radical (unpaired) electrons. The number of thioether (sulfide) groups is 2. The molecular formula is C40H40N4O4S2. The van der Waals surface area contributed by atoms with Gasteiger partial charge in [-0.25, -0.2) is 4.79 Å². The zero-order valence-corrected chi connectivity index (χ0v) is 30.4. The van der Waals surface area contributed by atoms with E-state index in [1.807, 2.05) is 31.2 Å². The smallest absolute Gasteiger partial charge is 0.334 e. The number of anilines is 2. The molecule has 7 rings (SSSR count). The van der Waals surface area contributed by atoms with Crippen LogP contribution in [0.5, 0.6) is 0 Å². The first-order valence-corrected chi connectivity index (χ1v) is 18.8. The van der Waals surface area contributed by atoms with Gasteiger partial charge < -0.3 is 14.5 Å². The number of methoxy groups -OCH3 is 1. The highest BCUT2D eigenvalue weighted by Gasteiger charge is 2.43. The first kappa shape index (κ1) is 34.0. The molecule has 0 atom stereocenters. The van der Waals surface area contributed by atoms with Gasteiger partial charge in [-0.15, -0.1) is 0 Å². The van der Waals surface area contributed by atoms with Crippen LogP contribution in [0.2, 0.25) is 0 Å². The lowest BCUT2D eigenvalue weighted by atomic mass is 10.0. The van der Waals surface area contributed by atoms with Crippen molar-refractivity contribution in [1.82, 2.24) is 9.80 Å². The Balaban J connectivity index is 1.43. The topological polar surface area (TPSA) is 73.4 Å². The first-order valence-electron chi connectivity index (χ1n) is 17.2. The average Bonchev–Trinajstić information content (AvgIpc) is 3.68. The number of barbiturate groups is 1.